The van der Waals surface area contributed by atoms with Crippen molar-refractivity contribution in [1.29, 1.82) is 5.26 Å². The van der Waals surface area contributed by atoms with E-state index in [1.165, 1.54) is 0 Å². The monoisotopic (exact) mass is 373 g/mol. The van der Waals surface area contributed by atoms with Gasteiger partial charge in [0.25, 0.3) is 0 Å². The lowest BCUT2D eigenvalue weighted by molar-refractivity contribution is 0.414. The van der Waals surface area contributed by atoms with Crippen LogP contribution in [0.1, 0.15) is 11.1 Å². The lowest BCUT2D eigenvalue weighted by atomic mass is 10.0. The highest BCUT2D eigenvalue weighted by Gasteiger charge is 2.14. The van der Waals surface area contributed by atoms with Crippen LogP contribution in [0.25, 0.3) is 10.5 Å². The number of nitriles is 1. The number of hydrogen-bond donors (Lipinski definition) is 0. The van der Waals surface area contributed by atoms with E-state index in [4.69, 9.17) is 9.47 Å². The molecule has 0 saturated carbocycles. The van der Waals surface area contributed by atoms with Gasteiger partial charge in [0.1, 0.15) is 17.6 Å². The summed E-state index contributed by atoms with van der Waals surface area (Å²) in [7, 11) is 3.27. The molecule has 0 radical (unpaired) electrons. The molecule has 3 nitrogen and oxygen atoms in total. The molecule has 0 atom stereocenters. The van der Waals surface area contributed by atoms with E-state index in [-0.39, 0.29) is 0 Å². The Labute approximate surface area is 163 Å². The smallest absolute Gasteiger partial charge is 0.118 e. The average molecular weight is 373 g/mol. The molecular weight excluding hydrogens is 354 g/mol. The third-order valence-electron chi connectivity index (χ3n) is 4.03. The predicted molar refractivity (Wildman–Crippen MR) is 111 cm³/mol. The zero-order valence-corrected chi connectivity index (χ0v) is 16.0. The van der Waals surface area contributed by atoms with Gasteiger partial charge in [-0.3, -0.25) is 0 Å². The third-order valence-corrected chi connectivity index (χ3v) is 5.18. The van der Waals surface area contributed by atoms with E-state index in [2.05, 4.69) is 6.07 Å². The van der Waals surface area contributed by atoms with Gasteiger partial charge in [-0.25, -0.2) is 0 Å². The number of ether oxygens (including phenoxy) is 2. The summed E-state index contributed by atoms with van der Waals surface area (Å²) in [6.07, 6.45) is 0. The molecule has 0 aliphatic rings. The molecule has 0 saturated heterocycles. The molecule has 0 aliphatic heterocycles. The maximum Gasteiger partial charge on any atom is 0.118 e. The molecule has 0 unspecified atom stereocenters. The molecule has 0 bridgehead atoms. The fraction of sp³-hybridized carbons (Fsp3) is 0.0870. The molecule has 3 aromatic carbocycles. The molecule has 3 aromatic rings. The average Bonchev–Trinajstić information content (AvgIpc) is 2.75. The van der Waals surface area contributed by atoms with Gasteiger partial charge in [-0.1, -0.05) is 42.1 Å². The first-order valence-electron chi connectivity index (χ1n) is 8.41. The van der Waals surface area contributed by atoms with Crippen molar-refractivity contribution in [3.63, 3.8) is 0 Å². The fourth-order valence-corrected chi connectivity index (χ4v) is 3.66. The Bertz CT molecular complexity index is 956. The van der Waals surface area contributed by atoms with E-state index in [0.717, 1.165) is 32.4 Å². The Morgan fingerprint density at radius 2 is 1.26 bits per heavy atom. The summed E-state index contributed by atoms with van der Waals surface area (Å²) in [5.74, 6) is 1.54. The molecule has 0 aliphatic carbocycles. The zero-order chi connectivity index (χ0) is 19.1. The third kappa shape index (κ3) is 4.52. The number of methoxy groups -OCH3 is 2. The first-order valence-corrected chi connectivity index (χ1v) is 9.23. The molecule has 0 N–H and O–H groups in total. The van der Waals surface area contributed by atoms with Gasteiger partial charge in [0.2, 0.25) is 0 Å². The van der Waals surface area contributed by atoms with Gasteiger partial charge in [0.05, 0.1) is 19.8 Å². The van der Waals surface area contributed by atoms with Crippen LogP contribution in [0.4, 0.5) is 0 Å². The molecule has 134 valence electrons. The van der Waals surface area contributed by atoms with Crippen LogP contribution < -0.4 is 9.47 Å². The van der Waals surface area contributed by atoms with E-state index in [1.807, 2.05) is 78.9 Å². The van der Waals surface area contributed by atoms with Crippen LogP contribution in [-0.2, 0) is 0 Å². The number of thioether (sulfide) groups is 1. The van der Waals surface area contributed by atoms with E-state index in [0.29, 0.717) is 5.57 Å². The van der Waals surface area contributed by atoms with Gasteiger partial charge < -0.3 is 9.47 Å². The van der Waals surface area contributed by atoms with Gasteiger partial charge in [0.15, 0.2) is 0 Å². The van der Waals surface area contributed by atoms with Crippen LogP contribution in [0.2, 0.25) is 0 Å². The largest absolute Gasteiger partial charge is 0.497 e. The Hall–Kier alpha value is -3.16. The van der Waals surface area contributed by atoms with Gasteiger partial charge in [-0.15, -0.1) is 0 Å². The van der Waals surface area contributed by atoms with E-state index >= 15 is 0 Å². The molecule has 0 spiro atoms. The first-order chi connectivity index (χ1) is 13.2. The molecule has 4 heteroatoms. The second kappa shape index (κ2) is 8.98. The highest BCUT2D eigenvalue weighted by molar-refractivity contribution is 8.08. The molecule has 0 heterocycles. The van der Waals surface area contributed by atoms with Gasteiger partial charge >= 0.3 is 0 Å². The second-order valence-corrected chi connectivity index (χ2v) is 6.77. The van der Waals surface area contributed by atoms with Crippen LogP contribution in [0.5, 0.6) is 11.5 Å². The van der Waals surface area contributed by atoms with E-state index in [9.17, 15) is 5.26 Å². The summed E-state index contributed by atoms with van der Waals surface area (Å²) in [5, 5.41) is 9.94. The first kappa shape index (κ1) is 18.6. The SMILES string of the molecule is COc1ccc(/C(C#N)=C(\Sc2ccccc2)c2ccc(OC)cc2)cc1. The van der Waals surface area contributed by atoms with Crippen molar-refractivity contribution >= 4 is 22.2 Å². The topological polar surface area (TPSA) is 42.2 Å². The molecule has 0 amide bonds. The second-order valence-electron chi connectivity index (χ2n) is 5.69. The number of rotatable bonds is 6. The molecular formula is C23H19NO2S. The Balaban J connectivity index is 2.12. The Kier molecular flexibility index (Phi) is 6.19. The van der Waals surface area contributed by atoms with Crippen LogP contribution in [0, 0.1) is 11.3 Å². The van der Waals surface area contributed by atoms with Crippen molar-refractivity contribution in [2.45, 2.75) is 4.90 Å². The summed E-state index contributed by atoms with van der Waals surface area (Å²) >= 11 is 1.58. The molecule has 27 heavy (non-hydrogen) atoms. The quantitative estimate of drug-likeness (QED) is 0.307. The summed E-state index contributed by atoms with van der Waals surface area (Å²) in [6.45, 7) is 0. The highest BCUT2D eigenvalue weighted by atomic mass is 32.2. The maximum atomic E-state index is 9.94. The minimum Gasteiger partial charge on any atom is -0.497 e. The minimum atomic E-state index is 0.622. The lowest BCUT2D eigenvalue weighted by Gasteiger charge is -2.12. The standard InChI is InChI=1S/C23H19NO2S/c1-25-19-12-8-17(9-13-19)22(16-24)23(27-21-6-4-3-5-7-21)18-10-14-20(26-2)15-11-18/h3-15H,1-2H3/b23-22-. The number of benzene rings is 3. The van der Waals surface area contributed by atoms with Crippen LogP contribution in [0.3, 0.4) is 0 Å². The van der Waals surface area contributed by atoms with Gasteiger partial charge in [0, 0.05) is 9.80 Å². The minimum absolute atomic E-state index is 0.622. The van der Waals surface area contributed by atoms with Gasteiger partial charge in [-0.05, 0) is 59.7 Å². The van der Waals surface area contributed by atoms with E-state index in [1.54, 1.807) is 26.0 Å². The molecule has 0 aromatic heterocycles. The number of nitrogens with zero attached hydrogens (tertiary/aromatic N) is 1. The summed E-state index contributed by atoms with van der Waals surface area (Å²) in [6, 6.07) is 27.8. The van der Waals surface area contributed by atoms with Crippen LogP contribution in [-0.4, -0.2) is 14.2 Å². The Morgan fingerprint density at radius 1 is 0.741 bits per heavy atom. The normalized spacial score (nSPS) is 11.3. The van der Waals surface area contributed by atoms with Crippen molar-refractivity contribution in [1.82, 2.24) is 0 Å². The number of allylic oxidation sites excluding steroid dienone is 1. The highest BCUT2D eigenvalue weighted by Crippen LogP contribution is 2.40. The lowest BCUT2D eigenvalue weighted by Crippen LogP contribution is -1.91. The molecule has 3 rings (SSSR count). The van der Waals surface area contributed by atoms with E-state index < -0.39 is 0 Å². The summed E-state index contributed by atoms with van der Waals surface area (Å²) in [5.41, 5.74) is 2.45. The van der Waals surface area contributed by atoms with Gasteiger partial charge in [-0.2, -0.15) is 5.26 Å². The summed E-state index contributed by atoms with van der Waals surface area (Å²) in [4.78, 5) is 1.97. The zero-order valence-electron chi connectivity index (χ0n) is 15.2. The fourth-order valence-electron chi connectivity index (χ4n) is 2.61. The van der Waals surface area contributed by atoms with Crippen molar-refractivity contribution in [3.8, 4) is 17.6 Å². The molecule has 0 fully saturated rings. The van der Waals surface area contributed by atoms with Crippen LogP contribution >= 0.6 is 11.8 Å². The Morgan fingerprint density at radius 3 is 1.74 bits per heavy atom. The van der Waals surface area contributed by atoms with Crippen LogP contribution in [0.15, 0.2) is 83.8 Å². The van der Waals surface area contributed by atoms with Crippen molar-refractivity contribution in [3.05, 3.63) is 90.0 Å². The predicted octanol–water partition coefficient (Wildman–Crippen LogP) is 5.89. The maximum absolute atomic E-state index is 9.94. The van der Waals surface area contributed by atoms with Crippen molar-refractivity contribution in [2.24, 2.45) is 0 Å². The van der Waals surface area contributed by atoms with Crippen molar-refractivity contribution in [2.75, 3.05) is 14.2 Å². The summed E-state index contributed by atoms with van der Waals surface area (Å²) < 4.78 is 10.5. The van der Waals surface area contributed by atoms with Crippen molar-refractivity contribution < 1.29 is 9.47 Å². The number of hydrogen-bond acceptors (Lipinski definition) is 4.